The summed E-state index contributed by atoms with van der Waals surface area (Å²) in [7, 11) is -4.64. The maximum Gasteiger partial charge on any atom is 0.296 e. The van der Waals surface area contributed by atoms with Crippen molar-refractivity contribution >= 4 is 55.5 Å². The van der Waals surface area contributed by atoms with Crippen LogP contribution in [0.4, 0.5) is 17.1 Å². The van der Waals surface area contributed by atoms with Crippen LogP contribution in [0.1, 0.15) is 22.8 Å². The van der Waals surface area contributed by atoms with E-state index in [-0.39, 0.29) is 22.0 Å². The van der Waals surface area contributed by atoms with E-state index in [2.05, 4.69) is 15.5 Å². The molecule has 0 bridgehead atoms. The van der Waals surface area contributed by atoms with Crippen molar-refractivity contribution in [3.8, 4) is 11.5 Å². The van der Waals surface area contributed by atoms with Crippen LogP contribution in [0.15, 0.2) is 81.9 Å². The molecule has 0 unspecified atom stereocenters. The van der Waals surface area contributed by atoms with E-state index < -0.39 is 26.7 Å². The normalized spacial score (nSPS) is 11.7. The largest absolute Gasteiger partial charge is 0.505 e. The number of hydrogen-bond donors (Lipinski definition) is 3. The van der Waals surface area contributed by atoms with Crippen LogP contribution in [0.2, 0.25) is 5.02 Å². The minimum absolute atomic E-state index is 0.0655. The molecule has 3 N–H and O–H groups in total. The molecule has 0 saturated carbocycles. The molecular formula is C26H22ClN3O6S. The van der Waals surface area contributed by atoms with Gasteiger partial charge in [-0.15, -0.1) is 10.2 Å². The molecule has 0 aliphatic heterocycles. The summed E-state index contributed by atoms with van der Waals surface area (Å²) in [5.41, 5.74) is 0.493. The number of hydrogen-bond acceptors (Lipinski definition) is 7. The summed E-state index contributed by atoms with van der Waals surface area (Å²) in [5, 5.41) is 23.1. The molecule has 0 fully saturated rings. The molecule has 4 rings (SSSR count). The fourth-order valence-corrected chi connectivity index (χ4v) is 4.50. The Morgan fingerprint density at radius 3 is 2.54 bits per heavy atom. The molecule has 0 spiro atoms. The number of carbonyl (C=O) groups excluding carboxylic acids is 1. The summed E-state index contributed by atoms with van der Waals surface area (Å²) >= 11 is 6.13. The van der Waals surface area contributed by atoms with Crippen LogP contribution in [-0.2, 0) is 10.1 Å². The van der Waals surface area contributed by atoms with Gasteiger partial charge >= 0.3 is 0 Å². The number of ether oxygens (including phenoxy) is 1. The van der Waals surface area contributed by atoms with Crippen molar-refractivity contribution in [2.24, 2.45) is 10.2 Å². The molecule has 0 saturated heterocycles. The molecule has 37 heavy (non-hydrogen) atoms. The summed E-state index contributed by atoms with van der Waals surface area (Å²) in [5.74, 6) is -0.498. The van der Waals surface area contributed by atoms with Gasteiger partial charge in [-0.05, 0) is 55.1 Å². The van der Waals surface area contributed by atoms with E-state index in [9.17, 15) is 22.9 Å². The van der Waals surface area contributed by atoms with E-state index in [1.54, 1.807) is 55.5 Å². The Labute approximate surface area is 218 Å². The first kappa shape index (κ1) is 26.1. The molecule has 0 heterocycles. The molecule has 11 heteroatoms. The lowest BCUT2D eigenvalue weighted by Crippen LogP contribution is -2.12. The van der Waals surface area contributed by atoms with Crippen molar-refractivity contribution in [3.63, 3.8) is 0 Å². The zero-order valence-corrected chi connectivity index (χ0v) is 21.3. The van der Waals surface area contributed by atoms with Gasteiger partial charge in [0.05, 0.1) is 12.2 Å². The monoisotopic (exact) mass is 539 g/mol. The van der Waals surface area contributed by atoms with Crippen LogP contribution < -0.4 is 10.1 Å². The van der Waals surface area contributed by atoms with Crippen molar-refractivity contribution in [2.75, 3.05) is 11.9 Å². The number of benzene rings is 4. The number of fused-ring (bicyclic) bond motifs is 1. The number of aryl methyl sites for hydroxylation is 1. The fraction of sp³-hybridized carbons (Fsp3) is 0.115. The highest BCUT2D eigenvalue weighted by Crippen LogP contribution is 2.40. The van der Waals surface area contributed by atoms with Crippen molar-refractivity contribution < 1.29 is 27.6 Å². The first-order valence-corrected chi connectivity index (χ1v) is 12.9. The molecule has 190 valence electrons. The third-order valence-electron chi connectivity index (χ3n) is 5.42. The lowest BCUT2D eigenvalue weighted by molar-refractivity contribution is 0.102. The minimum atomic E-state index is -4.64. The van der Waals surface area contributed by atoms with Crippen molar-refractivity contribution in [1.82, 2.24) is 0 Å². The second kappa shape index (κ2) is 10.6. The second-order valence-corrected chi connectivity index (χ2v) is 9.80. The lowest BCUT2D eigenvalue weighted by Gasteiger charge is -2.12. The molecule has 0 atom stereocenters. The van der Waals surface area contributed by atoms with Crippen LogP contribution >= 0.6 is 11.6 Å². The predicted molar refractivity (Wildman–Crippen MR) is 141 cm³/mol. The predicted octanol–water partition coefficient (Wildman–Crippen LogP) is 6.82. The number of rotatable bonds is 7. The number of carbonyl (C=O) groups is 1. The SMILES string of the molecule is CCOc1cccc(NC(=O)c2cc3ccccc3c(N=Nc3cc(Cl)c(C)cc3S(=O)(=O)O)c2O)c1. The minimum Gasteiger partial charge on any atom is -0.505 e. The van der Waals surface area contributed by atoms with Crippen LogP contribution in [0.3, 0.4) is 0 Å². The number of azo groups is 1. The number of phenols is 1. The van der Waals surface area contributed by atoms with Gasteiger partial charge in [0.1, 0.15) is 22.0 Å². The van der Waals surface area contributed by atoms with Gasteiger partial charge in [0.2, 0.25) is 0 Å². The maximum atomic E-state index is 13.1. The molecule has 0 radical (unpaired) electrons. The zero-order valence-electron chi connectivity index (χ0n) is 19.8. The summed E-state index contributed by atoms with van der Waals surface area (Å²) in [6.45, 7) is 3.88. The van der Waals surface area contributed by atoms with Gasteiger partial charge in [-0.25, -0.2) is 0 Å². The van der Waals surface area contributed by atoms with Crippen molar-refractivity contribution in [1.29, 1.82) is 0 Å². The standard InChI is InChI=1S/C26H22ClN3O6S/c1-3-36-18-9-6-8-17(13-18)28-26(32)20-12-16-7-4-5-10-19(16)24(25(20)31)30-29-22-14-21(27)15(2)11-23(22)37(33,34)35/h4-14,31H,3H2,1-2H3,(H,28,32)(H,33,34,35). The Morgan fingerprint density at radius 1 is 1.05 bits per heavy atom. The number of nitrogens with one attached hydrogen (secondary N) is 1. The molecule has 4 aromatic rings. The molecule has 1 amide bonds. The van der Waals surface area contributed by atoms with Gasteiger partial charge in [-0.2, -0.15) is 8.42 Å². The van der Waals surface area contributed by atoms with Gasteiger partial charge in [-0.3, -0.25) is 9.35 Å². The van der Waals surface area contributed by atoms with Crippen LogP contribution in [0, 0.1) is 6.92 Å². The Morgan fingerprint density at radius 2 is 1.81 bits per heavy atom. The summed E-state index contributed by atoms with van der Waals surface area (Å²) < 4.78 is 38.9. The molecule has 9 nitrogen and oxygen atoms in total. The number of halogens is 1. The van der Waals surface area contributed by atoms with Gasteiger partial charge in [-0.1, -0.05) is 41.9 Å². The Balaban J connectivity index is 1.80. The van der Waals surface area contributed by atoms with Gasteiger partial charge in [0.25, 0.3) is 16.0 Å². The summed E-state index contributed by atoms with van der Waals surface area (Å²) in [6, 6.07) is 17.6. The quantitative estimate of drug-likeness (QED) is 0.174. The first-order valence-electron chi connectivity index (χ1n) is 11.1. The Kier molecular flexibility index (Phi) is 7.44. The Bertz CT molecular complexity index is 1650. The first-order chi connectivity index (χ1) is 17.6. The summed E-state index contributed by atoms with van der Waals surface area (Å²) in [6.07, 6.45) is 0. The van der Waals surface area contributed by atoms with Crippen molar-refractivity contribution in [3.05, 3.63) is 82.9 Å². The highest BCUT2D eigenvalue weighted by molar-refractivity contribution is 7.86. The van der Waals surface area contributed by atoms with Crippen LogP contribution in [0.25, 0.3) is 10.8 Å². The topological polar surface area (TPSA) is 138 Å². The summed E-state index contributed by atoms with van der Waals surface area (Å²) in [4.78, 5) is 12.6. The van der Waals surface area contributed by atoms with E-state index >= 15 is 0 Å². The van der Waals surface area contributed by atoms with Gasteiger partial charge in [0, 0.05) is 22.2 Å². The molecular weight excluding hydrogens is 518 g/mol. The van der Waals surface area contributed by atoms with E-state index in [0.717, 1.165) is 0 Å². The van der Waals surface area contributed by atoms with Gasteiger partial charge in [0.15, 0.2) is 5.75 Å². The zero-order chi connectivity index (χ0) is 26.7. The van der Waals surface area contributed by atoms with E-state index in [0.29, 0.717) is 34.4 Å². The van der Waals surface area contributed by atoms with E-state index in [4.69, 9.17) is 16.3 Å². The number of phenolic OH excluding ortho intramolecular Hbond substituents is 1. The smallest absolute Gasteiger partial charge is 0.296 e. The lowest BCUT2D eigenvalue weighted by atomic mass is 10.0. The Hall–Kier alpha value is -3.99. The average Bonchev–Trinajstić information content (AvgIpc) is 2.84. The number of amides is 1. The van der Waals surface area contributed by atoms with Gasteiger partial charge < -0.3 is 15.2 Å². The molecule has 4 aromatic carbocycles. The highest BCUT2D eigenvalue weighted by atomic mass is 35.5. The fourth-order valence-electron chi connectivity index (χ4n) is 3.65. The third-order valence-corrected chi connectivity index (χ3v) is 6.71. The van der Waals surface area contributed by atoms with Crippen molar-refractivity contribution in [2.45, 2.75) is 18.7 Å². The average molecular weight is 540 g/mol. The molecule has 0 aliphatic carbocycles. The number of anilines is 1. The number of aromatic hydroxyl groups is 1. The van der Waals surface area contributed by atoms with E-state index in [1.807, 2.05) is 6.92 Å². The van der Waals surface area contributed by atoms with Crippen LogP contribution in [0.5, 0.6) is 11.5 Å². The maximum absolute atomic E-state index is 13.1. The van der Waals surface area contributed by atoms with Crippen LogP contribution in [-0.4, -0.2) is 30.6 Å². The second-order valence-electron chi connectivity index (χ2n) is 8.00. The third kappa shape index (κ3) is 5.72. The number of nitrogens with zero attached hydrogens (tertiary/aromatic N) is 2. The van der Waals surface area contributed by atoms with E-state index in [1.165, 1.54) is 18.2 Å². The molecule has 0 aromatic heterocycles. The highest BCUT2D eigenvalue weighted by Gasteiger charge is 2.21. The molecule has 0 aliphatic rings.